The van der Waals surface area contributed by atoms with E-state index in [1.807, 2.05) is 13.0 Å². The molecule has 5 N–H and O–H groups in total. The minimum Gasteiger partial charge on any atom is -0.369 e. The first-order valence-corrected chi connectivity index (χ1v) is 3.96. The summed E-state index contributed by atoms with van der Waals surface area (Å²) in [6.07, 6.45) is 5.31. The molecule has 1 unspecified atom stereocenters. The fraction of sp³-hybridized carbons (Fsp3) is 0.250. The summed E-state index contributed by atoms with van der Waals surface area (Å²) in [5.41, 5.74) is 12.4. The maximum absolute atomic E-state index is 5.95. The lowest BCUT2D eigenvalue weighted by molar-refractivity contribution is 0.419. The van der Waals surface area contributed by atoms with Crippen LogP contribution in [0.1, 0.15) is 18.2 Å². The molecule has 0 fully saturated rings. The second-order valence-corrected chi connectivity index (χ2v) is 3.21. The molecule has 13 heavy (non-hydrogen) atoms. The monoisotopic (exact) mass is 177 g/mol. The van der Waals surface area contributed by atoms with Crippen LogP contribution in [-0.4, -0.2) is 9.97 Å². The lowest BCUT2D eigenvalue weighted by Gasteiger charge is -2.29. The van der Waals surface area contributed by atoms with Crippen molar-refractivity contribution in [2.24, 2.45) is 5.73 Å². The SMILES string of the molecule is CC1(N)NC=Cc2cnc(N)nc21. The van der Waals surface area contributed by atoms with Gasteiger partial charge in [-0.15, -0.1) is 0 Å². The van der Waals surface area contributed by atoms with E-state index in [-0.39, 0.29) is 5.95 Å². The highest BCUT2D eigenvalue weighted by atomic mass is 15.1. The first kappa shape index (κ1) is 8.00. The Morgan fingerprint density at radius 3 is 3.08 bits per heavy atom. The largest absolute Gasteiger partial charge is 0.369 e. The van der Waals surface area contributed by atoms with Gasteiger partial charge in [0.1, 0.15) is 5.66 Å². The van der Waals surface area contributed by atoms with Crippen molar-refractivity contribution in [3.63, 3.8) is 0 Å². The molecule has 0 bridgehead atoms. The molecule has 5 heteroatoms. The van der Waals surface area contributed by atoms with Crippen molar-refractivity contribution in [1.29, 1.82) is 0 Å². The number of nitrogens with one attached hydrogen (secondary N) is 1. The van der Waals surface area contributed by atoms with Crippen LogP contribution in [0.25, 0.3) is 6.08 Å². The van der Waals surface area contributed by atoms with Gasteiger partial charge >= 0.3 is 0 Å². The molecule has 1 atom stereocenters. The van der Waals surface area contributed by atoms with Gasteiger partial charge in [-0.25, -0.2) is 9.97 Å². The molecule has 1 aromatic rings. The topological polar surface area (TPSA) is 89.8 Å². The summed E-state index contributed by atoms with van der Waals surface area (Å²) in [6.45, 7) is 1.84. The lowest BCUT2D eigenvalue weighted by Crippen LogP contribution is -2.47. The Kier molecular flexibility index (Phi) is 1.50. The molecule has 0 aromatic carbocycles. The van der Waals surface area contributed by atoms with Crippen molar-refractivity contribution in [3.8, 4) is 0 Å². The van der Waals surface area contributed by atoms with E-state index in [0.29, 0.717) is 0 Å². The van der Waals surface area contributed by atoms with E-state index < -0.39 is 5.66 Å². The molecule has 2 heterocycles. The van der Waals surface area contributed by atoms with E-state index in [1.54, 1.807) is 12.4 Å². The number of nitrogens with zero attached hydrogens (tertiary/aromatic N) is 2. The van der Waals surface area contributed by atoms with Crippen LogP contribution in [-0.2, 0) is 5.66 Å². The summed E-state index contributed by atoms with van der Waals surface area (Å²) in [5, 5.41) is 2.99. The van der Waals surface area contributed by atoms with Crippen molar-refractivity contribution in [3.05, 3.63) is 23.7 Å². The van der Waals surface area contributed by atoms with Crippen LogP contribution in [0.15, 0.2) is 12.4 Å². The Balaban J connectivity index is 2.62. The summed E-state index contributed by atoms with van der Waals surface area (Å²) >= 11 is 0. The number of fused-ring (bicyclic) bond motifs is 1. The van der Waals surface area contributed by atoms with E-state index in [2.05, 4.69) is 15.3 Å². The van der Waals surface area contributed by atoms with Gasteiger partial charge in [0.25, 0.3) is 0 Å². The fourth-order valence-corrected chi connectivity index (χ4v) is 1.32. The van der Waals surface area contributed by atoms with Gasteiger partial charge in [0.15, 0.2) is 0 Å². The van der Waals surface area contributed by atoms with Gasteiger partial charge in [0.2, 0.25) is 5.95 Å². The average Bonchev–Trinajstić information content (AvgIpc) is 2.06. The Bertz CT molecular complexity index is 369. The van der Waals surface area contributed by atoms with Gasteiger partial charge in [-0.2, -0.15) is 0 Å². The molecule has 0 spiro atoms. The maximum Gasteiger partial charge on any atom is 0.220 e. The molecule has 0 saturated heterocycles. The number of hydrogen-bond donors (Lipinski definition) is 3. The summed E-state index contributed by atoms with van der Waals surface area (Å²) < 4.78 is 0. The second kappa shape index (κ2) is 2.43. The molecule has 1 aliphatic heterocycles. The molecule has 0 saturated carbocycles. The van der Waals surface area contributed by atoms with E-state index in [0.717, 1.165) is 11.3 Å². The smallest absolute Gasteiger partial charge is 0.220 e. The maximum atomic E-state index is 5.95. The van der Waals surface area contributed by atoms with Gasteiger partial charge in [-0.05, 0) is 19.2 Å². The van der Waals surface area contributed by atoms with Crippen LogP contribution in [0.5, 0.6) is 0 Å². The molecule has 0 radical (unpaired) electrons. The number of rotatable bonds is 0. The van der Waals surface area contributed by atoms with Crippen molar-refractivity contribution < 1.29 is 0 Å². The van der Waals surface area contributed by atoms with Gasteiger partial charge < -0.3 is 16.8 Å². The second-order valence-electron chi connectivity index (χ2n) is 3.21. The zero-order chi connectivity index (χ0) is 9.47. The summed E-state index contributed by atoms with van der Waals surface area (Å²) in [4.78, 5) is 7.98. The van der Waals surface area contributed by atoms with Crippen LogP contribution in [0.4, 0.5) is 5.95 Å². The standard InChI is InChI=1S/C8H11N5/c1-8(10)6-5(2-3-12-8)4-11-7(9)13-6/h2-4,12H,10H2,1H3,(H2,9,11,13). The minimum atomic E-state index is -0.666. The summed E-state index contributed by atoms with van der Waals surface area (Å²) in [6, 6.07) is 0. The fourth-order valence-electron chi connectivity index (χ4n) is 1.32. The van der Waals surface area contributed by atoms with Crippen LogP contribution in [0.3, 0.4) is 0 Å². The molecule has 1 aliphatic rings. The number of nitrogens with two attached hydrogens (primary N) is 2. The summed E-state index contributed by atoms with van der Waals surface area (Å²) in [5.74, 6) is 0.243. The van der Waals surface area contributed by atoms with Crippen LogP contribution >= 0.6 is 0 Å². The first-order valence-electron chi connectivity index (χ1n) is 3.96. The third-order valence-corrected chi connectivity index (χ3v) is 1.97. The molecular weight excluding hydrogens is 166 g/mol. The predicted molar refractivity (Wildman–Crippen MR) is 50.2 cm³/mol. The van der Waals surface area contributed by atoms with Crippen LogP contribution in [0.2, 0.25) is 0 Å². The molecule has 2 rings (SSSR count). The van der Waals surface area contributed by atoms with Crippen molar-refractivity contribution in [2.75, 3.05) is 5.73 Å². The zero-order valence-electron chi connectivity index (χ0n) is 7.28. The molecule has 0 amide bonds. The molecule has 68 valence electrons. The molecular formula is C8H11N5. The molecule has 1 aromatic heterocycles. The van der Waals surface area contributed by atoms with Crippen molar-refractivity contribution in [2.45, 2.75) is 12.6 Å². The number of aromatic nitrogens is 2. The van der Waals surface area contributed by atoms with E-state index in [4.69, 9.17) is 11.5 Å². The third-order valence-electron chi connectivity index (χ3n) is 1.97. The zero-order valence-corrected chi connectivity index (χ0v) is 7.28. The van der Waals surface area contributed by atoms with E-state index in [1.165, 1.54) is 0 Å². The number of anilines is 1. The van der Waals surface area contributed by atoms with Gasteiger partial charge in [0, 0.05) is 11.8 Å². The van der Waals surface area contributed by atoms with Gasteiger partial charge in [-0.3, -0.25) is 0 Å². The predicted octanol–water partition coefficient (Wildman–Crippen LogP) is -0.236. The third kappa shape index (κ3) is 1.23. The highest BCUT2D eigenvalue weighted by molar-refractivity contribution is 5.55. The lowest BCUT2D eigenvalue weighted by atomic mass is 10.0. The quantitative estimate of drug-likeness (QED) is 0.509. The number of nitrogen functional groups attached to an aromatic ring is 1. The van der Waals surface area contributed by atoms with E-state index >= 15 is 0 Å². The molecule has 5 nitrogen and oxygen atoms in total. The first-order chi connectivity index (χ1) is 6.09. The van der Waals surface area contributed by atoms with Crippen LogP contribution in [0, 0.1) is 0 Å². The number of hydrogen-bond acceptors (Lipinski definition) is 5. The summed E-state index contributed by atoms with van der Waals surface area (Å²) in [7, 11) is 0. The normalized spacial score (nSPS) is 25.1. The molecule has 0 aliphatic carbocycles. The Hall–Kier alpha value is -1.62. The van der Waals surface area contributed by atoms with Crippen molar-refractivity contribution in [1.82, 2.24) is 15.3 Å². The van der Waals surface area contributed by atoms with Gasteiger partial charge in [0.05, 0.1) is 5.69 Å². The average molecular weight is 177 g/mol. The Morgan fingerprint density at radius 1 is 1.54 bits per heavy atom. The Labute approximate surface area is 75.9 Å². The minimum absolute atomic E-state index is 0.243. The van der Waals surface area contributed by atoms with E-state index in [9.17, 15) is 0 Å². The highest BCUT2D eigenvalue weighted by Crippen LogP contribution is 2.22. The van der Waals surface area contributed by atoms with Crippen LogP contribution < -0.4 is 16.8 Å². The Morgan fingerprint density at radius 2 is 2.31 bits per heavy atom. The van der Waals surface area contributed by atoms with Gasteiger partial charge in [-0.1, -0.05) is 0 Å². The highest BCUT2D eigenvalue weighted by Gasteiger charge is 2.26. The van der Waals surface area contributed by atoms with Crippen molar-refractivity contribution >= 4 is 12.0 Å².